The Labute approximate surface area is 173 Å². The van der Waals surface area contributed by atoms with E-state index in [1.807, 2.05) is 4.90 Å². The van der Waals surface area contributed by atoms with Gasteiger partial charge in [0.05, 0.1) is 0 Å². The van der Waals surface area contributed by atoms with Crippen LogP contribution in [0.25, 0.3) is 5.65 Å². The smallest absolute Gasteiger partial charge is 0.453 e. The molecular formula is C18H20F4N6O3. The van der Waals surface area contributed by atoms with Crippen LogP contribution >= 0.6 is 0 Å². The van der Waals surface area contributed by atoms with Crippen LogP contribution in [-0.4, -0.2) is 49.6 Å². The summed E-state index contributed by atoms with van der Waals surface area (Å²) in [6.07, 6.45) is -3.25. The number of aromatic hydroxyl groups is 1. The predicted molar refractivity (Wildman–Crippen MR) is 102 cm³/mol. The fourth-order valence-electron chi connectivity index (χ4n) is 3.34. The molecule has 5 N–H and O–H groups in total. The van der Waals surface area contributed by atoms with Crippen molar-refractivity contribution in [3.8, 4) is 5.75 Å². The van der Waals surface area contributed by atoms with Crippen LogP contribution in [0.5, 0.6) is 5.75 Å². The minimum absolute atomic E-state index is 0. The van der Waals surface area contributed by atoms with Gasteiger partial charge in [-0.05, 0) is 48.6 Å². The van der Waals surface area contributed by atoms with E-state index in [1.54, 1.807) is 12.1 Å². The fraction of sp³-hybridized carbons (Fsp3) is 0.333. The largest absolute Gasteiger partial charge is 0.505 e. The molecule has 0 spiro atoms. The Morgan fingerprint density at radius 1 is 1.10 bits per heavy atom. The van der Waals surface area contributed by atoms with Crippen molar-refractivity contribution in [2.45, 2.75) is 24.9 Å². The van der Waals surface area contributed by atoms with E-state index in [0.717, 1.165) is 5.56 Å². The Kier molecular flexibility index (Phi) is 7.33. The van der Waals surface area contributed by atoms with E-state index in [0.29, 0.717) is 36.3 Å². The topological polar surface area (TPSA) is 139 Å². The minimum Gasteiger partial charge on any atom is -0.505 e. The number of alkyl halides is 3. The van der Waals surface area contributed by atoms with E-state index in [4.69, 9.17) is 9.90 Å². The Bertz CT molecular complexity index is 1030. The summed E-state index contributed by atoms with van der Waals surface area (Å²) in [4.78, 5) is 10.2. The van der Waals surface area contributed by atoms with Gasteiger partial charge in [-0.1, -0.05) is 6.07 Å². The van der Waals surface area contributed by atoms with E-state index < -0.39 is 17.8 Å². The van der Waals surface area contributed by atoms with Gasteiger partial charge in [-0.3, -0.25) is 4.79 Å². The second-order valence-electron chi connectivity index (χ2n) is 6.56. The Morgan fingerprint density at radius 3 is 2.32 bits per heavy atom. The van der Waals surface area contributed by atoms with Crippen molar-refractivity contribution >= 4 is 17.9 Å². The van der Waals surface area contributed by atoms with Crippen LogP contribution in [0, 0.1) is 5.82 Å². The van der Waals surface area contributed by atoms with Crippen LogP contribution in [0.15, 0.2) is 30.3 Å². The summed E-state index contributed by atoms with van der Waals surface area (Å²) in [5.41, 5.74) is 0.826. The first-order chi connectivity index (χ1) is 14.2. The van der Waals surface area contributed by atoms with Crippen LogP contribution in [-0.2, 0) is 11.0 Å². The SMILES string of the molecule is N.O=CO.Oc1ccc(C2CCN(c3ccc4nnc(C(F)(F)F)n4n3)CC2)cc1F. The summed E-state index contributed by atoms with van der Waals surface area (Å²) in [6.45, 7) is 0.879. The van der Waals surface area contributed by atoms with Gasteiger partial charge in [0.2, 0.25) is 0 Å². The molecule has 0 amide bonds. The molecule has 0 radical (unpaired) electrons. The number of hydrogen-bond donors (Lipinski definition) is 3. The first-order valence-corrected chi connectivity index (χ1v) is 8.85. The lowest BCUT2D eigenvalue weighted by Gasteiger charge is -2.33. The number of benzene rings is 1. The van der Waals surface area contributed by atoms with Crippen molar-refractivity contribution in [1.29, 1.82) is 0 Å². The standard InChI is InChI=1S/C17H15F4N5O.CH2O2.H3N/c18-12-9-11(1-2-13(12)27)10-5-7-25(8-6-10)15-4-3-14-22-23-16(17(19,20)21)26(14)24-15;2-1-3;/h1-4,9-10,27H,5-8H2;1H,(H,2,3);1H3. The van der Waals surface area contributed by atoms with Crippen LogP contribution in [0.3, 0.4) is 0 Å². The average molecular weight is 444 g/mol. The second-order valence-corrected chi connectivity index (χ2v) is 6.56. The summed E-state index contributed by atoms with van der Waals surface area (Å²) in [5, 5.41) is 26.9. The van der Waals surface area contributed by atoms with Gasteiger partial charge in [0.25, 0.3) is 12.3 Å². The molecular weight excluding hydrogens is 424 g/mol. The Balaban J connectivity index is 0.000000808. The Hall–Kier alpha value is -3.48. The highest BCUT2D eigenvalue weighted by Gasteiger charge is 2.38. The van der Waals surface area contributed by atoms with Gasteiger partial charge < -0.3 is 21.3 Å². The molecule has 0 aliphatic carbocycles. The quantitative estimate of drug-likeness (QED) is 0.404. The molecule has 2 aromatic heterocycles. The molecule has 13 heteroatoms. The highest BCUT2D eigenvalue weighted by atomic mass is 19.4. The number of carbonyl (C=O) groups is 1. The molecule has 3 aromatic rings. The van der Waals surface area contributed by atoms with Gasteiger partial charge in [-0.15, -0.1) is 15.3 Å². The third-order valence-corrected chi connectivity index (χ3v) is 4.76. The van der Waals surface area contributed by atoms with Crippen molar-refractivity contribution in [2.75, 3.05) is 18.0 Å². The number of halogens is 4. The van der Waals surface area contributed by atoms with E-state index in [-0.39, 0.29) is 29.9 Å². The molecule has 1 aromatic carbocycles. The van der Waals surface area contributed by atoms with Gasteiger partial charge >= 0.3 is 6.18 Å². The lowest BCUT2D eigenvalue weighted by atomic mass is 9.89. The fourth-order valence-corrected chi connectivity index (χ4v) is 3.34. The first-order valence-electron chi connectivity index (χ1n) is 8.85. The highest BCUT2D eigenvalue weighted by Crippen LogP contribution is 2.32. The zero-order chi connectivity index (χ0) is 21.9. The molecule has 0 saturated carbocycles. The second kappa shape index (κ2) is 9.55. The number of phenols is 1. The lowest BCUT2D eigenvalue weighted by molar-refractivity contribution is -0.146. The normalized spacial score (nSPS) is 14.5. The minimum atomic E-state index is -4.64. The van der Waals surface area contributed by atoms with Gasteiger partial charge in [0, 0.05) is 13.1 Å². The number of anilines is 1. The number of hydrogen-bond acceptors (Lipinski definition) is 7. The zero-order valence-electron chi connectivity index (χ0n) is 16.1. The van der Waals surface area contributed by atoms with Gasteiger partial charge in [0.1, 0.15) is 5.82 Å². The van der Waals surface area contributed by atoms with Gasteiger partial charge in [0.15, 0.2) is 17.2 Å². The molecule has 0 atom stereocenters. The van der Waals surface area contributed by atoms with E-state index in [1.165, 1.54) is 18.2 Å². The summed E-state index contributed by atoms with van der Waals surface area (Å²) in [5.74, 6) is -1.69. The van der Waals surface area contributed by atoms with Crippen molar-refractivity contribution in [3.63, 3.8) is 0 Å². The zero-order valence-corrected chi connectivity index (χ0v) is 16.1. The molecule has 1 aliphatic heterocycles. The van der Waals surface area contributed by atoms with Gasteiger partial charge in [-0.2, -0.15) is 17.7 Å². The van der Waals surface area contributed by atoms with E-state index in [2.05, 4.69) is 15.3 Å². The van der Waals surface area contributed by atoms with Crippen molar-refractivity contribution in [1.82, 2.24) is 26.0 Å². The number of nitrogens with zero attached hydrogens (tertiary/aromatic N) is 5. The average Bonchev–Trinajstić information content (AvgIpc) is 3.14. The first kappa shape index (κ1) is 23.8. The molecule has 31 heavy (non-hydrogen) atoms. The molecule has 0 bridgehead atoms. The summed E-state index contributed by atoms with van der Waals surface area (Å²) >= 11 is 0. The van der Waals surface area contributed by atoms with Crippen molar-refractivity contribution in [2.24, 2.45) is 0 Å². The lowest BCUT2D eigenvalue weighted by Crippen LogP contribution is -2.34. The summed E-state index contributed by atoms with van der Waals surface area (Å²) < 4.78 is 53.3. The van der Waals surface area contributed by atoms with Crippen LogP contribution in [0.1, 0.15) is 30.1 Å². The number of aromatic nitrogens is 4. The molecule has 9 nitrogen and oxygen atoms in total. The van der Waals surface area contributed by atoms with Crippen LogP contribution in [0.4, 0.5) is 23.4 Å². The highest BCUT2D eigenvalue weighted by molar-refractivity contribution is 5.46. The number of rotatable bonds is 2. The number of carboxylic acid groups (broad SMARTS) is 1. The molecule has 4 rings (SSSR count). The molecule has 1 fully saturated rings. The van der Waals surface area contributed by atoms with Crippen molar-refractivity contribution < 1.29 is 32.6 Å². The summed E-state index contributed by atoms with van der Waals surface area (Å²) in [6, 6.07) is 7.41. The maximum atomic E-state index is 13.6. The van der Waals surface area contributed by atoms with Crippen LogP contribution < -0.4 is 11.1 Å². The summed E-state index contributed by atoms with van der Waals surface area (Å²) in [7, 11) is 0. The number of piperidine rings is 1. The monoisotopic (exact) mass is 444 g/mol. The maximum Gasteiger partial charge on any atom is 0.453 e. The predicted octanol–water partition coefficient (Wildman–Crippen LogP) is 3.23. The Morgan fingerprint density at radius 2 is 1.74 bits per heavy atom. The number of phenolic OH excluding ortho intramolecular Hbond substituents is 1. The molecule has 0 unspecified atom stereocenters. The molecule has 3 heterocycles. The molecule has 168 valence electrons. The van der Waals surface area contributed by atoms with Crippen LogP contribution in [0.2, 0.25) is 0 Å². The number of fused-ring (bicyclic) bond motifs is 1. The van der Waals surface area contributed by atoms with Gasteiger partial charge in [-0.25, -0.2) is 4.39 Å². The van der Waals surface area contributed by atoms with Crippen molar-refractivity contribution in [3.05, 3.63) is 47.5 Å². The third kappa shape index (κ3) is 5.17. The molecule has 1 saturated heterocycles. The maximum absolute atomic E-state index is 13.6. The molecule has 1 aliphatic rings. The third-order valence-electron chi connectivity index (χ3n) is 4.76. The van der Waals surface area contributed by atoms with E-state index in [9.17, 15) is 22.7 Å². The van der Waals surface area contributed by atoms with E-state index >= 15 is 0 Å².